The molecule has 32 heavy (non-hydrogen) atoms. The Labute approximate surface area is 177 Å². The van der Waals surface area contributed by atoms with Crippen LogP contribution >= 0.6 is 0 Å². The van der Waals surface area contributed by atoms with Crippen LogP contribution in [0.15, 0.2) is 30.3 Å². The van der Waals surface area contributed by atoms with Gasteiger partial charge in [0.15, 0.2) is 17.4 Å². The van der Waals surface area contributed by atoms with Crippen LogP contribution in [0.4, 0.5) is 22.0 Å². The molecule has 0 spiro atoms. The van der Waals surface area contributed by atoms with Gasteiger partial charge in [0.2, 0.25) is 0 Å². The molecule has 0 fully saturated rings. The number of carbonyl (C=O) groups is 2. The summed E-state index contributed by atoms with van der Waals surface area (Å²) >= 11 is 0. The third kappa shape index (κ3) is 3.97. The molecule has 0 amide bonds. The zero-order chi connectivity index (χ0) is 24.0. The molecule has 3 aromatic rings. The van der Waals surface area contributed by atoms with Crippen molar-refractivity contribution in [3.05, 3.63) is 58.8 Å². The van der Waals surface area contributed by atoms with Crippen LogP contribution in [0.25, 0.3) is 10.9 Å². The highest BCUT2D eigenvalue weighted by molar-refractivity contribution is 6.05. The highest BCUT2D eigenvalue weighted by Crippen LogP contribution is 2.39. The molecule has 170 valence electrons. The summed E-state index contributed by atoms with van der Waals surface area (Å²) in [6.45, 7) is 2.85. The second-order valence-corrected chi connectivity index (χ2v) is 6.93. The van der Waals surface area contributed by atoms with E-state index in [4.69, 9.17) is 0 Å². The topological polar surface area (TPSA) is 88.8 Å². The molecule has 3 rings (SSSR count). The molecule has 1 aromatic heterocycles. The van der Waals surface area contributed by atoms with Crippen LogP contribution in [0, 0.1) is 18.6 Å². The molecule has 0 aliphatic carbocycles. The van der Waals surface area contributed by atoms with Gasteiger partial charge in [0, 0.05) is 22.7 Å². The van der Waals surface area contributed by atoms with Gasteiger partial charge >= 0.3 is 12.3 Å². The first kappa shape index (κ1) is 23.0. The van der Waals surface area contributed by atoms with Gasteiger partial charge in [-0.15, -0.1) is 13.2 Å². The van der Waals surface area contributed by atoms with Crippen molar-refractivity contribution in [1.29, 1.82) is 0 Å². The molecule has 0 aliphatic rings. The van der Waals surface area contributed by atoms with E-state index in [1.807, 2.05) is 0 Å². The normalized spacial score (nSPS) is 12.7. The zero-order valence-corrected chi connectivity index (χ0v) is 16.6. The quantitative estimate of drug-likeness (QED) is 0.521. The van der Waals surface area contributed by atoms with Crippen molar-refractivity contribution >= 4 is 22.8 Å². The SMILES string of the molecule is CC[C@H](C(=O)O)c1c(C)n(C(=O)c2ccc(OC(F)(F)F)cc2)c2cc(F)c(O)c(F)c12. The number of aromatic nitrogens is 1. The summed E-state index contributed by atoms with van der Waals surface area (Å²) < 4.78 is 70.6. The van der Waals surface area contributed by atoms with Crippen LogP contribution in [-0.4, -0.2) is 33.0 Å². The maximum atomic E-state index is 14.8. The molecule has 0 aliphatic heterocycles. The van der Waals surface area contributed by atoms with Gasteiger partial charge in [0.05, 0.1) is 11.4 Å². The molecule has 0 saturated carbocycles. The second-order valence-electron chi connectivity index (χ2n) is 6.93. The van der Waals surface area contributed by atoms with Crippen LogP contribution in [0.3, 0.4) is 0 Å². The highest BCUT2D eigenvalue weighted by Gasteiger charge is 2.33. The predicted octanol–water partition coefficient (Wildman–Crippen LogP) is 5.10. The number of hydrogen-bond donors (Lipinski definition) is 2. The lowest BCUT2D eigenvalue weighted by Gasteiger charge is -2.12. The van der Waals surface area contributed by atoms with E-state index in [1.165, 1.54) is 13.8 Å². The number of phenols is 1. The standard InChI is InChI=1S/C21H16F5NO5/c1-3-12(20(30)31)15-9(2)27(14-8-13(22)18(28)17(23)16(14)15)19(29)10-4-6-11(7-5-10)32-21(24,25)26/h4-8,12,28H,3H2,1-2H3,(H,30,31)/t12-/m0/s1. The number of benzene rings is 2. The van der Waals surface area contributed by atoms with Crippen molar-refractivity contribution in [3.8, 4) is 11.5 Å². The number of fused-ring (bicyclic) bond motifs is 1. The summed E-state index contributed by atoms with van der Waals surface area (Å²) in [5.74, 6) is -8.15. The minimum atomic E-state index is -4.93. The molecule has 0 radical (unpaired) electrons. The molecular weight excluding hydrogens is 441 g/mol. The van der Waals surface area contributed by atoms with Gasteiger partial charge in [0.25, 0.3) is 5.91 Å². The average molecular weight is 457 g/mol. The van der Waals surface area contributed by atoms with Crippen molar-refractivity contribution in [2.24, 2.45) is 0 Å². The maximum Gasteiger partial charge on any atom is 0.573 e. The van der Waals surface area contributed by atoms with E-state index in [-0.39, 0.29) is 28.8 Å². The van der Waals surface area contributed by atoms with Crippen LogP contribution in [0.5, 0.6) is 11.5 Å². The van der Waals surface area contributed by atoms with Crippen molar-refractivity contribution in [2.75, 3.05) is 0 Å². The molecule has 1 heterocycles. The minimum Gasteiger partial charge on any atom is -0.503 e. The zero-order valence-electron chi connectivity index (χ0n) is 16.6. The number of carboxylic acids is 1. The molecule has 6 nitrogen and oxygen atoms in total. The molecular formula is C21H16F5NO5. The van der Waals surface area contributed by atoms with Gasteiger partial charge in [-0.25, -0.2) is 8.78 Å². The number of phenolic OH excluding ortho intramolecular Hbond substituents is 1. The summed E-state index contributed by atoms with van der Waals surface area (Å²) in [7, 11) is 0. The fraction of sp³-hybridized carbons (Fsp3) is 0.238. The summed E-state index contributed by atoms with van der Waals surface area (Å²) in [5.41, 5.74) is -0.610. The third-order valence-electron chi connectivity index (χ3n) is 5.00. The predicted molar refractivity (Wildman–Crippen MR) is 102 cm³/mol. The van der Waals surface area contributed by atoms with Crippen molar-refractivity contribution in [1.82, 2.24) is 4.57 Å². The molecule has 0 saturated heterocycles. The Hall–Kier alpha value is -3.63. The lowest BCUT2D eigenvalue weighted by molar-refractivity contribution is -0.274. The molecule has 0 bridgehead atoms. The van der Waals surface area contributed by atoms with Crippen LogP contribution in [0.1, 0.15) is 40.9 Å². The number of carbonyl (C=O) groups excluding carboxylic acids is 1. The largest absolute Gasteiger partial charge is 0.573 e. The molecule has 1 atom stereocenters. The Morgan fingerprint density at radius 3 is 2.25 bits per heavy atom. The summed E-state index contributed by atoms with van der Waals surface area (Å²) in [4.78, 5) is 24.9. The fourth-order valence-electron chi connectivity index (χ4n) is 3.63. The van der Waals surface area contributed by atoms with E-state index >= 15 is 0 Å². The summed E-state index contributed by atoms with van der Waals surface area (Å²) in [6.07, 6.45) is -4.93. The first-order valence-corrected chi connectivity index (χ1v) is 9.22. The molecule has 0 unspecified atom stereocenters. The fourth-order valence-corrected chi connectivity index (χ4v) is 3.63. The molecule has 2 aromatic carbocycles. The van der Waals surface area contributed by atoms with E-state index in [1.54, 1.807) is 0 Å². The number of halogens is 5. The van der Waals surface area contributed by atoms with Crippen molar-refractivity contribution < 1.29 is 46.5 Å². The number of carboxylic acid groups (broad SMARTS) is 1. The Kier molecular flexibility index (Phi) is 5.86. The number of aromatic hydroxyl groups is 1. The molecule has 2 N–H and O–H groups in total. The Morgan fingerprint density at radius 1 is 1.16 bits per heavy atom. The highest BCUT2D eigenvalue weighted by atomic mass is 19.4. The Balaban J connectivity index is 2.23. The van der Waals surface area contributed by atoms with Crippen LogP contribution in [-0.2, 0) is 4.79 Å². The summed E-state index contributed by atoms with van der Waals surface area (Å²) in [5, 5.41) is 18.8. The van der Waals surface area contributed by atoms with Crippen molar-refractivity contribution in [3.63, 3.8) is 0 Å². The van der Waals surface area contributed by atoms with Gasteiger partial charge in [-0.05, 0) is 43.2 Å². The number of aliphatic carboxylic acids is 1. The van der Waals surface area contributed by atoms with Gasteiger partial charge in [-0.2, -0.15) is 0 Å². The second kappa shape index (κ2) is 8.13. The van der Waals surface area contributed by atoms with E-state index < -0.39 is 52.7 Å². The van der Waals surface area contributed by atoms with Gasteiger partial charge in [-0.3, -0.25) is 14.2 Å². The lowest BCUT2D eigenvalue weighted by atomic mass is 9.93. The first-order valence-electron chi connectivity index (χ1n) is 9.22. The van der Waals surface area contributed by atoms with E-state index in [2.05, 4.69) is 4.74 Å². The minimum absolute atomic E-state index is 0.00450. The van der Waals surface area contributed by atoms with Crippen LogP contribution in [0.2, 0.25) is 0 Å². The van der Waals surface area contributed by atoms with E-state index in [9.17, 15) is 41.8 Å². The monoisotopic (exact) mass is 457 g/mol. The number of alkyl halides is 3. The average Bonchev–Trinajstić information content (AvgIpc) is 2.97. The lowest BCUT2D eigenvalue weighted by Crippen LogP contribution is -2.18. The number of rotatable bonds is 5. The van der Waals surface area contributed by atoms with E-state index in [0.29, 0.717) is 6.07 Å². The number of nitrogens with zero attached hydrogens (tertiary/aromatic N) is 1. The number of ether oxygens (including phenoxy) is 1. The molecule has 11 heteroatoms. The Bertz CT molecular complexity index is 1210. The summed E-state index contributed by atoms with van der Waals surface area (Å²) in [6, 6.07) is 4.52. The number of hydrogen-bond acceptors (Lipinski definition) is 4. The first-order chi connectivity index (χ1) is 14.9. The third-order valence-corrected chi connectivity index (χ3v) is 5.00. The van der Waals surface area contributed by atoms with Gasteiger partial charge in [0.1, 0.15) is 5.75 Å². The van der Waals surface area contributed by atoms with Crippen molar-refractivity contribution in [2.45, 2.75) is 32.5 Å². The van der Waals surface area contributed by atoms with Gasteiger partial charge in [-0.1, -0.05) is 6.92 Å². The maximum absolute atomic E-state index is 14.8. The van der Waals surface area contributed by atoms with Crippen LogP contribution < -0.4 is 4.74 Å². The van der Waals surface area contributed by atoms with Gasteiger partial charge < -0.3 is 14.9 Å². The Morgan fingerprint density at radius 2 is 1.75 bits per heavy atom. The smallest absolute Gasteiger partial charge is 0.503 e. The van der Waals surface area contributed by atoms with E-state index in [0.717, 1.165) is 28.8 Å².